The average molecular weight is 512 g/mol. The summed E-state index contributed by atoms with van der Waals surface area (Å²) in [7, 11) is 2.16. The normalized spacial score (nSPS) is 16.0. The zero-order chi connectivity index (χ0) is 25.9. The molecule has 6 rings (SSSR count). The lowest BCUT2D eigenvalue weighted by molar-refractivity contribution is 0.0949. The summed E-state index contributed by atoms with van der Waals surface area (Å²) in [5.41, 5.74) is 6.45. The van der Waals surface area contributed by atoms with E-state index in [-0.39, 0.29) is 5.91 Å². The zero-order valence-electron chi connectivity index (χ0n) is 21.7. The molecule has 1 aliphatic carbocycles. The van der Waals surface area contributed by atoms with Crippen molar-refractivity contribution in [2.75, 3.05) is 51.6 Å². The minimum absolute atomic E-state index is 0.0584. The molecule has 0 bridgehead atoms. The van der Waals surface area contributed by atoms with Crippen LogP contribution in [0, 0.1) is 0 Å². The second-order valence-electron chi connectivity index (χ2n) is 10.2. The Balaban J connectivity index is 1.06. The number of piperazine rings is 1. The summed E-state index contributed by atoms with van der Waals surface area (Å²) in [6.07, 6.45) is 6.06. The van der Waals surface area contributed by atoms with E-state index in [0.717, 1.165) is 63.4 Å². The van der Waals surface area contributed by atoms with Crippen molar-refractivity contribution >= 4 is 28.7 Å². The fraction of sp³-hybridized carbons (Fsp3) is 0.393. The summed E-state index contributed by atoms with van der Waals surface area (Å²) in [6, 6.07) is 13.8. The van der Waals surface area contributed by atoms with Crippen LogP contribution in [-0.4, -0.2) is 87.0 Å². The molecule has 0 atom stereocenters. The molecule has 1 fully saturated rings. The molecule has 0 unspecified atom stereocenters. The highest BCUT2D eigenvalue weighted by Gasteiger charge is 2.16. The van der Waals surface area contributed by atoms with Gasteiger partial charge in [0, 0.05) is 44.0 Å². The molecule has 1 saturated heterocycles. The number of aryl methyl sites for hydroxylation is 2. The van der Waals surface area contributed by atoms with Gasteiger partial charge in [-0.3, -0.25) is 4.79 Å². The zero-order valence-corrected chi connectivity index (χ0v) is 21.7. The Kier molecular flexibility index (Phi) is 6.98. The van der Waals surface area contributed by atoms with Gasteiger partial charge in [0.2, 0.25) is 5.95 Å². The van der Waals surface area contributed by atoms with Crippen molar-refractivity contribution < 1.29 is 4.79 Å². The van der Waals surface area contributed by atoms with Crippen molar-refractivity contribution in [2.24, 2.45) is 0 Å². The quantitative estimate of drug-likeness (QED) is 0.348. The van der Waals surface area contributed by atoms with E-state index in [1.165, 1.54) is 17.5 Å². The molecule has 1 aliphatic heterocycles. The monoisotopic (exact) mass is 511 g/mol. The lowest BCUT2D eigenvalue weighted by atomic mass is 10.1. The first kappa shape index (κ1) is 24.4. The van der Waals surface area contributed by atoms with Crippen molar-refractivity contribution in [3.8, 4) is 5.69 Å². The molecule has 2 aromatic carbocycles. The first-order chi connectivity index (χ1) is 18.6. The molecule has 1 amide bonds. The molecular weight excluding hydrogens is 478 g/mol. The molecule has 3 heterocycles. The lowest BCUT2D eigenvalue weighted by Gasteiger charge is -2.32. The number of nitrogens with zero attached hydrogens (tertiary/aromatic N) is 7. The number of carbonyl (C=O) groups is 1. The van der Waals surface area contributed by atoms with Gasteiger partial charge < -0.3 is 20.4 Å². The number of fused-ring (bicyclic) bond motifs is 2. The number of rotatable bonds is 8. The largest absolute Gasteiger partial charge is 0.352 e. The summed E-state index contributed by atoms with van der Waals surface area (Å²) >= 11 is 0. The Labute approximate surface area is 222 Å². The van der Waals surface area contributed by atoms with Crippen LogP contribution in [-0.2, 0) is 12.8 Å². The third kappa shape index (κ3) is 5.36. The predicted molar refractivity (Wildman–Crippen MR) is 147 cm³/mol. The molecule has 38 heavy (non-hydrogen) atoms. The number of aromatic nitrogens is 5. The van der Waals surface area contributed by atoms with Gasteiger partial charge in [-0.2, -0.15) is 9.67 Å². The van der Waals surface area contributed by atoms with Crippen LogP contribution in [0.15, 0.2) is 48.7 Å². The van der Waals surface area contributed by atoms with E-state index in [1.807, 2.05) is 24.3 Å². The molecular formula is C28H33N9O. The molecule has 10 nitrogen and oxygen atoms in total. The summed E-state index contributed by atoms with van der Waals surface area (Å²) in [6.45, 7) is 6.11. The first-order valence-corrected chi connectivity index (χ1v) is 13.4. The van der Waals surface area contributed by atoms with E-state index in [2.05, 4.69) is 66.0 Å². The van der Waals surface area contributed by atoms with Gasteiger partial charge in [-0.1, -0.05) is 11.3 Å². The maximum absolute atomic E-state index is 12.6. The fourth-order valence-corrected chi connectivity index (χ4v) is 5.16. The van der Waals surface area contributed by atoms with E-state index >= 15 is 0 Å². The van der Waals surface area contributed by atoms with Crippen LogP contribution < -0.4 is 10.6 Å². The number of carbonyl (C=O) groups excluding carboxylic acids is 1. The fourth-order valence-electron chi connectivity index (χ4n) is 5.16. The molecule has 196 valence electrons. The minimum Gasteiger partial charge on any atom is -0.352 e. The van der Waals surface area contributed by atoms with Gasteiger partial charge in [0.1, 0.15) is 0 Å². The summed E-state index contributed by atoms with van der Waals surface area (Å²) in [4.78, 5) is 26.5. The highest BCUT2D eigenvalue weighted by atomic mass is 16.1. The van der Waals surface area contributed by atoms with Crippen molar-refractivity contribution in [1.82, 2.24) is 40.1 Å². The van der Waals surface area contributed by atoms with E-state index in [9.17, 15) is 4.79 Å². The van der Waals surface area contributed by atoms with Gasteiger partial charge in [-0.25, -0.2) is 4.98 Å². The van der Waals surface area contributed by atoms with Gasteiger partial charge in [0.25, 0.3) is 5.91 Å². The predicted octanol–water partition coefficient (Wildman–Crippen LogP) is 2.81. The summed E-state index contributed by atoms with van der Waals surface area (Å²) in [5, 5.41) is 14.8. The van der Waals surface area contributed by atoms with Crippen molar-refractivity contribution in [3.63, 3.8) is 0 Å². The third-order valence-electron chi connectivity index (χ3n) is 7.45. The van der Waals surface area contributed by atoms with Crippen molar-refractivity contribution in [1.29, 1.82) is 0 Å². The first-order valence-electron chi connectivity index (χ1n) is 13.4. The number of anilines is 2. The summed E-state index contributed by atoms with van der Waals surface area (Å²) in [5.74, 6) is 0.389. The van der Waals surface area contributed by atoms with Crippen LogP contribution in [0.25, 0.3) is 16.9 Å². The molecule has 2 aromatic heterocycles. The molecule has 4 aromatic rings. The smallest absolute Gasteiger partial charge is 0.251 e. The molecule has 2 aliphatic rings. The number of hydrogen-bond acceptors (Lipinski definition) is 8. The second kappa shape index (κ2) is 10.8. The number of amides is 1. The van der Waals surface area contributed by atoms with E-state index in [4.69, 9.17) is 0 Å². The molecule has 10 heteroatoms. The Morgan fingerprint density at radius 2 is 1.82 bits per heavy atom. The van der Waals surface area contributed by atoms with E-state index < -0.39 is 0 Å². The Hall–Kier alpha value is -3.89. The van der Waals surface area contributed by atoms with Gasteiger partial charge in [0.15, 0.2) is 11.2 Å². The van der Waals surface area contributed by atoms with Crippen molar-refractivity contribution in [2.45, 2.75) is 25.7 Å². The van der Waals surface area contributed by atoms with Crippen LogP contribution in [0.3, 0.4) is 0 Å². The minimum atomic E-state index is -0.0584. The second-order valence-corrected chi connectivity index (χ2v) is 10.2. The van der Waals surface area contributed by atoms with Crippen LogP contribution in [0.1, 0.15) is 34.3 Å². The Bertz CT molecular complexity index is 1420. The van der Waals surface area contributed by atoms with Crippen LogP contribution in [0.5, 0.6) is 0 Å². The molecule has 0 saturated carbocycles. The third-order valence-corrected chi connectivity index (χ3v) is 7.45. The van der Waals surface area contributed by atoms with Crippen LogP contribution in [0.4, 0.5) is 11.6 Å². The van der Waals surface area contributed by atoms with Gasteiger partial charge >= 0.3 is 0 Å². The van der Waals surface area contributed by atoms with Gasteiger partial charge in [0.05, 0.1) is 11.9 Å². The van der Waals surface area contributed by atoms with Gasteiger partial charge in [-0.05, 0) is 86.8 Å². The highest BCUT2D eigenvalue weighted by Crippen LogP contribution is 2.25. The maximum Gasteiger partial charge on any atom is 0.251 e. The number of hydrogen-bond donors (Lipinski definition) is 2. The average Bonchev–Trinajstić information content (AvgIpc) is 3.59. The van der Waals surface area contributed by atoms with E-state index in [1.54, 1.807) is 10.9 Å². The summed E-state index contributed by atoms with van der Waals surface area (Å²) < 4.78 is 1.76. The van der Waals surface area contributed by atoms with Crippen LogP contribution >= 0.6 is 0 Å². The number of nitrogens with one attached hydrogen (secondary N) is 2. The Morgan fingerprint density at radius 3 is 2.66 bits per heavy atom. The molecule has 0 spiro atoms. The molecule has 2 N–H and O–H groups in total. The maximum atomic E-state index is 12.6. The SMILES string of the molecule is CN1CCN(CCCNC(=O)c2ccc(Nc3ncc4nnn(-c5ccc6c(c5)CCC6)c4n3)cc2)CC1. The lowest BCUT2D eigenvalue weighted by Crippen LogP contribution is -2.45. The van der Waals surface area contributed by atoms with Gasteiger partial charge in [-0.15, -0.1) is 5.10 Å². The van der Waals surface area contributed by atoms with E-state index in [0.29, 0.717) is 29.2 Å². The number of likely N-dealkylation sites (N-methyl/N-ethyl adjacent to an activating group) is 1. The Morgan fingerprint density at radius 1 is 1.00 bits per heavy atom. The highest BCUT2D eigenvalue weighted by molar-refractivity contribution is 5.94. The topological polar surface area (TPSA) is 104 Å². The number of benzene rings is 2. The van der Waals surface area contributed by atoms with Crippen molar-refractivity contribution in [3.05, 3.63) is 65.4 Å². The standard InChI is InChI=1S/C28H33N9O/c1-35-14-16-36(17-15-35)13-3-12-29-27(38)21-6-9-23(10-7-21)31-28-30-19-25-26(32-28)37(34-33-25)24-11-8-20-4-2-5-22(20)18-24/h6-11,18-19H,2-5,12-17H2,1H3,(H,29,38)(H,30,31,32). The van der Waals surface area contributed by atoms with Crippen LogP contribution in [0.2, 0.25) is 0 Å². The molecule has 0 radical (unpaired) electrons.